The third-order valence-corrected chi connectivity index (χ3v) is 10.5. The van der Waals surface area contributed by atoms with Crippen LogP contribution in [0.1, 0.15) is 13.8 Å². The van der Waals surface area contributed by atoms with Gasteiger partial charge in [-0.15, -0.1) is 4.39 Å². The first-order chi connectivity index (χ1) is 23.9. The lowest BCUT2D eigenvalue weighted by Crippen LogP contribution is -2.44. The first kappa shape index (κ1) is 36.3. The molecule has 0 aliphatic carbocycles. The zero-order valence-corrected chi connectivity index (χ0v) is 29.2. The number of morpholine rings is 1. The van der Waals surface area contributed by atoms with E-state index in [4.69, 9.17) is 14.5 Å². The molecule has 2 aliphatic heterocycles. The number of likely N-dealkylation sites (N-methyl/N-ethyl adjacent to an activating group) is 1. The highest BCUT2D eigenvalue weighted by atomic mass is 32.2. The largest absolute Gasteiger partial charge is 0.501 e. The van der Waals surface area contributed by atoms with Crippen LogP contribution in [0.4, 0.5) is 49.4 Å². The monoisotopic (exact) mass is 712 g/mol. The van der Waals surface area contributed by atoms with E-state index in [0.29, 0.717) is 79.4 Å². The number of nitrogens with zero attached hydrogens (tertiary/aromatic N) is 5. The van der Waals surface area contributed by atoms with Crippen LogP contribution < -0.4 is 30.5 Å². The molecule has 0 saturated carbocycles. The highest BCUT2D eigenvalue weighted by Crippen LogP contribution is 2.40. The summed E-state index contributed by atoms with van der Waals surface area (Å²) < 4.78 is 55.0. The van der Waals surface area contributed by atoms with Crippen LogP contribution in [-0.2, 0) is 24.1 Å². The molecule has 2 aromatic carbocycles. The third-order valence-electron chi connectivity index (χ3n) is 8.30. The van der Waals surface area contributed by atoms with Gasteiger partial charge in [-0.25, -0.2) is 18.2 Å². The van der Waals surface area contributed by atoms with Crippen molar-refractivity contribution in [3.8, 4) is 5.75 Å². The molecule has 0 radical (unpaired) electrons. The van der Waals surface area contributed by atoms with Gasteiger partial charge in [0.25, 0.3) is 5.91 Å². The lowest BCUT2D eigenvalue weighted by Gasteiger charge is -2.35. The van der Waals surface area contributed by atoms with E-state index in [-0.39, 0.29) is 10.8 Å². The maximum absolute atomic E-state index is 13.3. The van der Waals surface area contributed by atoms with Crippen LogP contribution in [0.5, 0.6) is 5.75 Å². The number of hydrogen-bond donors (Lipinski definition) is 3. The molecule has 2 fully saturated rings. The Balaban J connectivity index is 1.54. The van der Waals surface area contributed by atoms with E-state index < -0.39 is 33.0 Å². The van der Waals surface area contributed by atoms with E-state index in [1.165, 1.54) is 7.11 Å². The number of carbonyl (C=O) groups excluding carboxylic acids is 2. The zero-order chi connectivity index (χ0) is 36.0. The average molecular weight is 713 g/mol. The molecule has 5 rings (SSSR count). The van der Waals surface area contributed by atoms with E-state index in [1.807, 2.05) is 11.9 Å². The molecular weight excluding hydrogens is 671 g/mol. The summed E-state index contributed by atoms with van der Waals surface area (Å²) in [6.07, 6.45) is -0.529. The fourth-order valence-electron chi connectivity index (χ4n) is 5.46. The van der Waals surface area contributed by atoms with Crippen molar-refractivity contribution >= 4 is 62.2 Å². The number of rotatable bonds is 12. The summed E-state index contributed by atoms with van der Waals surface area (Å²) in [5.41, 5.74) is 2.27. The van der Waals surface area contributed by atoms with Gasteiger partial charge in [-0.05, 0) is 45.7 Å². The Morgan fingerprint density at radius 3 is 2.30 bits per heavy atom. The molecule has 1 aromatic heterocycles. The number of amides is 1. The van der Waals surface area contributed by atoms with Gasteiger partial charge in [0.05, 0.1) is 65.1 Å². The van der Waals surface area contributed by atoms with Crippen LogP contribution in [0, 0.1) is 0 Å². The Morgan fingerprint density at radius 1 is 0.960 bits per heavy atom. The molecule has 3 aromatic rings. The second kappa shape index (κ2) is 15.7. The van der Waals surface area contributed by atoms with Crippen molar-refractivity contribution in [3.63, 3.8) is 0 Å². The van der Waals surface area contributed by atoms with Crippen molar-refractivity contribution in [2.45, 2.75) is 24.0 Å². The Hall–Kier alpha value is -5.00. The van der Waals surface area contributed by atoms with E-state index in [0.717, 1.165) is 13.1 Å². The highest BCUT2D eigenvalue weighted by Gasteiger charge is 2.26. The molecule has 0 spiro atoms. The van der Waals surface area contributed by atoms with Gasteiger partial charge in [0, 0.05) is 45.3 Å². The number of benzene rings is 2. The predicted octanol–water partition coefficient (Wildman–Crippen LogP) is 4.30. The maximum atomic E-state index is 13.3. The Morgan fingerprint density at radius 2 is 1.64 bits per heavy atom. The number of aromatic nitrogens is 2. The van der Waals surface area contributed by atoms with Gasteiger partial charge in [-0.1, -0.05) is 12.1 Å². The molecule has 0 unspecified atom stereocenters. The normalized spacial score (nSPS) is 15.4. The van der Waals surface area contributed by atoms with Crippen molar-refractivity contribution in [1.29, 1.82) is 0 Å². The number of nitrogens with one attached hydrogen (secondary N) is 3. The number of sulfone groups is 1. The first-order valence-electron chi connectivity index (χ1n) is 16.0. The Kier molecular flexibility index (Phi) is 11.4. The molecule has 0 atom stereocenters. The van der Waals surface area contributed by atoms with Crippen molar-refractivity contribution in [2.24, 2.45) is 0 Å². The summed E-state index contributed by atoms with van der Waals surface area (Å²) in [7, 11) is -0.136. The second-order valence-electron chi connectivity index (χ2n) is 11.9. The first-order valence-corrected chi connectivity index (χ1v) is 17.5. The van der Waals surface area contributed by atoms with E-state index in [2.05, 4.69) is 42.0 Å². The Labute approximate surface area is 290 Å². The van der Waals surface area contributed by atoms with Gasteiger partial charge in [-0.3, -0.25) is 4.79 Å². The molecule has 0 bridgehead atoms. The molecular formula is C33H41FN8O7S. The summed E-state index contributed by atoms with van der Waals surface area (Å²) in [6.45, 7) is 11.6. The topological polar surface area (TPSA) is 168 Å². The number of anilines is 7. The summed E-state index contributed by atoms with van der Waals surface area (Å²) >= 11 is 0. The lowest BCUT2D eigenvalue weighted by molar-refractivity contribution is -0.115. The molecule has 268 valence electrons. The van der Waals surface area contributed by atoms with Crippen LogP contribution in [0.25, 0.3) is 0 Å². The maximum Gasteiger partial charge on any atom is 0.501 e. The molecule has 15 nitrogen and oxygen atoms in total. The highest BCUT2D eigenvalue weighted by molar-refractivity contribution is 7.92. The van der Waals surface area contributed by atoms with Crippen LogP contribution in [0.2, 0.25) is 0 Å². The van der Waals surface area contributed by atoms with E-state index >= 15 is 0 Å². The molecule has 3 heterocycles. The van der Waals surface area contributed by atoms with Crippen molar-refractivity contribution in [3.05, 3.63) is 54.9 Å². The summed E-state index contributed by atoms with van der Waals surface area (Å²) in [4.78, 5) is 39.5. The minimum atomic E-state index is -3.64. The van der Waals surface area contributed by atoms with Crippen LogP contribution in [-0.4, -0.2) is 107 Å². The van der Waals surface area contributed by atoms with Gasteiger partial charge in [0.1, 0.15) is 5.75 Å². The molecule has 50 heavy (non-hydrogen) atoms. The standard InChI is InChI=1S/C33H41FN8O7S/c1-21(2)50(45,46)29-9-7-6-8-23(29)36-30-27(42-14-16-48-17-15-42)20-35-33(39-30)38-25-18-24(37-31(43)22(3)49-32(34)44)26(19-28(25)47-5)41-12-10-40(4)11-13-41/h6-9,18-21H,3,10-17H2,1-2,4-5H3,(H,37,43)(H2,35,36,38,39). The molecule has 2 saturated heterocycles. The fourth-order valence-corrected chi connectivity index (χ4v) is 6.67. The molecule has 1 amide bonds. The number of para-hydroxylation sites is 1. The molecule has 17 heteroatoms. The SMILES string of the molecule is C=C(OC(=O)F)C(=O)Nc1cc(Nc2ncc(N3CCOCC3)c(Nc3ccccc3S(=O)(=O)C(C)C)n2)c(OC)cc1N1CCN(C)CC1. The smallest absolute Gasteiger partial charge is 0.494 e. The average Bonchev–Trinajstić information content (AvgIpc) is 3.09. The predicted molar refractivity (Wildman–Crippen MR) is 188 cm³/mol. The fraction of sp³-hybridized carbons (Fsp3) is 0.394. The molecule has 2 aliphatic rings. The van der Waals surface area contributed by atoms with Crippen molar-refractivity contribution in [2.75, 3.05) is 92.4 Å². The quantitative estimate of drug-likeness (QED) is 0.138. The van der Waals surface area contributed by atoms with Crippen LogP contribution in [0.3, 0.4) is 0 Å². The third kappa shape index (κ3) is 8.40. The van der Waals surface area contributed by atoms with Crippen LogP contribution >= 0.6 is 0 Å². The van der Waals surface area contributed by atoms with Gasteiger partial charge in [-0.2, -0.15) is 4.98 Å². The number of methoxy groups -OCH3 is 1. The number of halogens is 1. The van der Waals surface area contributed by atoms with E-state index in [9.17, 15) is 22.4 Å². The number of hydrogen-bond acceptors (Lipinski definition) is 14. The summed E-state index contributed by atoms with van der Waals surface area (Å²) in [6, 6.07) is 9.98. The summed E-state index contributed by atoms with van der Waals surface area (Å²) in [5, 5.41) is 8.42. The van der Waals surface area contributed by atoms with Gasteiger partial charge in [0.2, 0.25) is 5.95 Å². The number of piperazine rings is 1. The summed E-state index contributed by atoms with van der Waals surface area (Å²) in [5.74, 6) is -0.761. The second-order valence-corrected chi connectivity index (χ2v) is 14.4. The minimum absolute atomic E-state index is 0.132. The van der Waals surface area contributed by atoms with Gasteiger partial charge in [0.15, 0.2) is 21.4 Å². The van der Waals surface area contributed by atoms with Crippen molar-refractivity contribution < 1.29 is 36.6 Å². The minimum Gasteiger partial charge on any atom is -0.494 e. The number of ether oxygens (including phenoxy) is 3. The Bertz CT molecular complexity index is 1850. The van der Waals surface area contributed by atoms with Gasteiger partial charge >= 0.3 is 6.22 Å². The lowest BCUT2D eigenvalue weighted by atomic mass is 10.1. The van der Waals surface area contributed by atoms with Crippen LogP contribution in [0.15, 0.2) is 59.8 Å². The molecule has 3 N–H and O–H groups in total. The van der Waals surface area contributed by atoms with E-state index in [1.54, 1.807) is 56.4 Å². The van der Waals surface area contributed by atoms with Gasteiger partial charge < -0.3 is 44.9 Å². The zero-order valence-electron chi connectivity index (χ0n) is 28.4. The number of carbonyl (C=O) groups is 2. The van der Waals surface area contributed by atoms with Crippen molar-refractivity contribution in [1.82, 2.24) is 14.9 Å².